The largest absolute Gasteiger partial charge is 0.261 e. The molecule has 0 fully saturated rings. The summed E-state index contributed by atoms with van der Waals surface area (Å²) in [6.45, 7) is 4.57. The zero-order valence-corrected chi connectivity index (χ0v) is 14.3. The lowest BCUT2D eigenvalue weighted by molar-refractivity contribution is 0.483. The highest BCUT2D eigenvalue weighted by Crippen LogP contribution is 2.27. The van der Waals surface area contributed by atoms with Crippen molar-refractivity contribution in [1.82, 2.24) is 4.98 Å². The Morgan fingerprint density at radius 3 is 1.81 bits per heavy atom. The van der Waals surface area contributed by atoms with Crippen LogP contribution in [0, 0.1) is 0 Å². The van der Waals surface area contributed by atoms with Crippen LogP contribution < -0.4 is 0 Å². The minimum atomic E-state index is 0.689. The molecule has 21 heavy (non-hydrogen) atoms. The quantitative estimate of drug-likeness (QED) is 0.360. The van der Waals surface area contributed by atoms with Gasteiger partial charge >= 0.3 is 0 Å². The summed E-state index contributed by atoms with van der Waals surface area (Å²) in [5.41, 5.74) is 1.32. The van der Waals surface area contributed by atoms with Crippen molar-refractivity contribution in [1.29, 1.82) is 0 Å². The lowest BCUT2D eigenvalue weighted by Gasteiger charge is -2.16. The highest BCUT2D eigenvalue weighted by atomic mass is 14.7. The van der Waals surface area contributed by atoms with E-state index in [0.29, 0.717) is 5.92 Å². The van der Waals surface area contributed by atoms with Crippen LogP contribution in [0.1, 0.15) is 103 Å². The maximum absolute atomic E-state index is 4.61. The van der Waals surface area contributed by atoms with Crippen LogP contribution in [0.5, 0.6) is 0 Å². The monoisotopic (exact) mass is 289 g/mol. The van der Waals surface area contributed by atoms with Crippen molar-refractivity contribution in [3.63, 3.8) is 0 Å². The summed E-state index contributed by atoms with van der Waals surface area (Å²) in [4.78, 5) is 4.61. The van der Waals surface area contributed by atoms with Gasteiger partial charge in [-0.3, -0.25) is 4.98 Å². The van der Waals surface area contributed by atoms with E-state index >= 15 is 0 Å². The molecule has 0 radical (unpaired) electrons. The van der Waals surface area contributed by atoms with Crippen molar-refractivity contribution >= 4 is 0 Å². The molecule has 1 heteroatoms. The second-order valence-electron chi connectivity index (χ2n) is 6.36. The van der Waals surface area contributed by atoms with Crippen LogP contribution in [0.25, 0.3) is 0 Å². The fraction of sp³-hybridized carbons (Fsp3) is 0.750. The Morgan fingerprint density at radius 2 is 1.33 bits per heavy atom. The van der Waals surface area contributed by atoms with Gasteiger partial charge in [0, 0.05) is 17.8 Å². The first kappa shape index (κ1) is 18.2. The summed E-state index contributed by atoms with van der Waals surface area (Å²) in [5, 5.41) is 0. The predicted octanol–water partition coefficient (Wildman–Crippen LogP) is 6.89. The van der Waals surface area contributed by atoms with Gasteiger partial charge in [0.05, 0.1) is 0 Å². The Balaban J connectivity index is 2.32. The molecule has 0 aliphatic rings. The molecule has 0 aromatic carbocycles. The number of rotatable bonds is 13. The SMILES string of the molecule is CCCCCCCC(CCCCCCC)c1ccccn1. The van der Waals surface area contributed by atoms with Crippen molar-refractivity contribution in [2.45, 2.75) is 96.8 Å². The van der Waals surface area contributed by atoms with E-state index in [9.17, 15) is 0 Å². The van der Waals surface area contributed by atoms with Gasteiger partial charge in [0.2, 0.25) is 0 Å². The summed E-state index contributed by atoms with van der Waals surface area (Å²) < 4.78 is 0. The van der Waals surface area contributed by atoms with E-state index in [1.807, 2.05) is 12.3 Å². The Morgan fingerprint density at radius 1 is 0.762 bits per heavy atom. The molecule has 0 saturated carbocycles. The minimum Gasteiger partial charge on any atom is -0.261 e. The lowest BCUT2D eigenvalue weighted by Crippen LogP contribution is -2.02. The standard InChI is InChI=1S/C20H35N/c1-3-5-7-9-11-15-19(16-12-10-8-6-4-2)20-17-13-14-18-21-20/h13-14,17-19H,3-12,15-16H2,1-2H3. The van der Waals surface area contributed by atoms with Gasteiger partial charge in [0.25, 0.3) is 0 Å². The molecule has 0 unspecified atom stereocenters. The van der Waals surface area contributed by atoms with Gasteiger partial charge in [-0.1, -0.05) is 84.1 Å². The molecule has 1 heterocycles. The Labute approximate surface area is 132 Å². The molecule has 0 aliphatic carbocycles. The van der Waals surface area contributed by atoms with Crippen LogP contribution in [0.4, 0.5) is 0 Å². The van der Waals surface area contributed by atoms with Crippen molar-refractivity contribution in [3.8, 4) is 0 Å². The number of aromatic nitrogens is 1. The first-order chi connectivity index (χ1) is 10.4. The van der Waals surface area contributed by atoms with Gasteiger partial charge < -0.3 is 0 Å². The van der Waals surface area contributed by atoms with E-state index in [0.717, 1.165) is 0 Å². The summed E-state index contributed by atoms with van der Waals surface area (Å²) in [6.07, 6.45) is 18.4. The molecule has 0 saturated heterocycles. The molecule has 0 bridgehead atoms. The molecule has 0 atom stereocenters. The summed E-state index contributed by atoms with van der Waals surface area (Å²) in [7, 11) is 0. The highest BCUT2D eigenvalue weighted by Gasteiger charge is 2.12. The molecule has 0 spiro atoms. The van der Waals surface area contributed by atoms with Crippen molar-refractivity contribution in [2.75, 3.05) is 0 Å². The lowest BCUT2D eigenvalue weighted by atomic mass is 9.91. The third-order valence-corrected chi connectivity index (χ3v) is 4.42. The van der Waals surface area contributed by atoms with Gasteiger partial charge in [-0.05, 0) is 25.0 Å². The van der Waals surface area contributed by atoms with E-state index in [4.69, 9.17) is 0 Å². The molecule has 1 aromatic rings. The topological polar surface area (TPSA) is 12.9 Å². The molecule has 0 N–H and O–H groups in total. The molecular weight excluding hydrogens is 254 g/mol. The number of nitrogens with zero attached hydrogens (tertiary/aromatic N) is 1. The van der Waals surface area contributed by atoms with E-state index in [-0.39, 0.29) is 0 Å². The van der Waals surface area contributed by atoms with E-state index < -0.39 is 0 Å². The first-order valence-corrected chi connectivity index (χ1v) is 9.29. The predicted molar refractivity (Wildman–Crippen MR) is 93.7 cm³/mol. The number of hydrogen-bond donors (Lipinski definition) is 0. The Bertz CT molecular complexity index is 306. The number of unbranched alkanes of at least 4 members (excludes halogenated alkanes) is 8. The maximum Gasteiger partial charge on any atom is 0.0434 e. The fourth-order valence-electron chi connectivity index (χ4n) is 3.05. The van der Waals surface area contributed by atoms with Gasteiger partial charge in [0.15, 0.2) is 0 Å². The minimum absolute atomic E-state index is 0.689. The van der Waals surface area contributed by atoms with Crippen molar-refractivity contribution in [2.24, 2.45) is 0 Å². The van der Waals surface area contributed by atoms with Crippen LogP contribution in [-0.2, 0) is 0 Å². The second-order valence-corrected chi connectivity index (χ2v) is 6.36. The zero-order chi connectivity index (χ0) is 15.2. The van der Waals surface area contributed by atoms with Crippen LogP contribution in [-0.4, -0.2) is 4.98 Å². The first-order valence-electron chi connectivity index (χ1n) is 9.29. The summed E-state index contributed by atoms with van der Waals surface area (Å²) in [5.74, 6) is 0.689. The molecule has 0 amide bonds. The van der Waals surface area contributed by atoms with Gasteiger partial charge in [-0.2, -0.15) is 0 Å². The van der Waals surface area contributed by atoms with E-state index in [1.165, 1.54) is 82.7 Å². The fourth-order valence-corrected chi connectivity index (χ4v) is 3.05. The van der Waals surface area contributed by atoms with Crippen LogP contribution in [0.2, 0.25) is 0 Å². The molecule has 1 nitrogen and oxygen atoms in total. The number of pyridine rings is 1. The van der Waals surface area contributed by atoms with E-state index in [1.54, 1.807) is 0 Å². The van der Waals surface area contributed by atoms with Crippen LogP contribution in [0.3, 0.4) is 0 Å². The third-order valence-electron chi connectivity index (χ3n) is 4.42. The Hall–Kier alpha value is -0.850. The molecule has 1 rings (SSSR count). The zero-order valence-electron chi connectivity index (χ0n) is 14.3. The highest BCUT2D eigenvalue weighted by molar-refractivity contribution is 5.09. The van der Waals surface area contributed by atoms with Gasteiger partial charge in [-0.25, -0.2) is 0 Å². The molecular formula is C20H35N. The summed E-state index contributed by atoms with van der Waals surface area (Å²) >= 11 is 0. The smallest absolute Gasteiger partial charge is 0.0434 e. The molecule has 1 aromatic heterocycles. The second kappa shape index (κ2) is 12.9. The van der Waals surface area contributed by atoms with Crippen molar-refractivity contribution < 1.29 is 0 Å². The normalized spacial score (nSPS) is 11.2. The number of hydrogen-bond acceptors (Lipinski definition) is 1. The maximum atomic E-state index is 4.61. The summed E-state index contributed by atoms with van der Waals surface area (Å²) in [6, 6.07) is 6.40. The third kappa shape index (κ3) is 8.90. The molecule has 120 valence electrons. The van der Waals surface area contributed by atoms with E-state index in [2.05, 4.69) is 31.0 Å². The van der Waals surface area contributed by atoms with Gasteiger partial charge in [0.1, 0.15) is 0 Å². The average molecular weight is 290 g/mol. The van der Waals surface area contributed by atoms with Crippen LogP contribution in [0.15, 0.2) is 24.4 Å². The van der Waals surface area contributed by atoms with Crippen LogP contribution >= 0.6 is 0 Å². The van der Waals surface area contributed by atoms with Crippen molar-refractivity contribution in [3.05, 3.63) is 30.1 Å². The Kier molecular flexibility index (Phi) is 11.1. The molecule has 0 aliphatic heterocycles. The average Bonchev–Trinajstić information content (AvgIpc) is 2.53. The van der Waals surface area contributed by atoms with Gasteiger partial charge in [-0.15, -0.1) is 0 Å².